The van der Waals surface area contributed by atoms with Crippen LogP contribution in [0.5, 0.6) is 0 Å². The molecular weight excluding hydrogens is 168 g/mol. The van der Waals surface area contributed by atoms with Crippen LogP contribution in [0.1, 0.15) is 50.7 Å². The van der Waals surface area contributed by atoms with Crippen LogP contribution in [-0.4, -0.2) is 0 Å². The Hall–Kier alpha value is -0.780. The minimum absolute atomic E-state index is 1.16. The predicted octanol–water partition coefficient (Wildman–Crippen LogP) is 4.37. The Morgan fingerprint density at radius 2 is 1.71 bits per heavy atom. The first-order valence-electron chi connectivity index (χ1n) is 5.94. The van der Waals surface area contributed by atoms with Gasteiger partial charge < -0.3 is 0 Å². The molecule has 0 aliphatic rings. The standard InChI is InChI=1S/C14H22/c1-3-5-6-7-9-14-11-8-10-13(4-2)12-14/h8,10-12H,3-7,9H2,1-2H3. The summed E-state index contributed by atoms with van der Waals surface area (Å²) in [6, 6.07) is 9.01. The van der Waals surface area contributed by atoms with Gasteiger partial charge in [0.05, 0.1) is 0 Å². The van der Waals surface area contributed by atoms with E-state index in [9.17, 15) is 0 Å². The van der Waals surface area contributed by atoms with Crippen LogP contribution >= 0.6 is 0 Å². The molecule has 0 unspecified atom stereocenters. The molecule has 0 amide bonds. The van der Waals surface area contributed by atoms with Gasteiger partial charge in [-0.15, -0.1) is 0 Å². The van der Waals surface area contributed by atoms with E-state index in [4.69, 9.17) is 0 Å². The van der Waals surface area contributed by atoms with E-state index in [1.54, 1.807) is 0 Å². The third-order valence-electron chi connectivity index (χ3n) is 2.72. The van der Waals surface area contributed by atoms with Crippen molar-refractivity contribution in [3.05, 3.63) is 35.4 Å². The second kappa shape index (κ2) is 6.64. The highest BCUT2D eigenvalue weighted by Gasteiger charge is 1.94. The summed E-state index contributed by atoms with van der Waals surface area (Å²) in [5.74, 6) is 0. The molecule has 0 spiro atoms. The largest absolute Gasteiger partial charge is 0.0654 e. The Balaban J connectivity index is 2.34. The highest BCUT2D eigenvalue weighted by Crippen LogP contribution is 2.10. The number of rotatable bonds is 6. The first-order chi connectivity index (χ1) is 6.86. The molecule has 0 saturated heterocycles. The smallest absolute Gasteiger partial charge is 0.0279 e. The van der Waals surface area contributed by atoms with E-state index in [-0.39, 0.29) is 0 Å². The minimum Gasteiger partial charge on any atom is -0.0654 e. The van der Waals surface area contributed by atoms with Crippen LogP contribution in [0.15, 0.2) is 24.3 Å². The maximum absolute atomic E-state index is 2.35. The van der Waals surface area contributed by atoms with E-state index in [0.717, 1.165) is 6.42 Å². The van der Waals surface area contributed by atoms with E-state index in [0.29, 0.717) is 0 Å². The van der Waals surface area contributed by atoms with Gasteiger partial charge in [-0.05, 0) is 30.4 Å². The lowest BCUT2D eigenvalue weighted by Crippen LogP contribution is -1.88. The summed E-state index contributed by atoms with van der Waals surface area (Å²) < 4.78 is 0. The van der Waals surface area contributed by atoms with Crippen LogP contribution < -0.4 is 0 Å². The van der Waals surface area contributed by atoms with E-state index in [1.165, 1.54) is 43.2 Å². The van der Waals surface area contributed by atoms with Crippen LogP contribution in [0.3, 0.4) is 0 Å². The van der Waals surface area contributed by atoms with E-state index in [2.05, 4.69) is 38.1 Å². The summed E-state index contributed by atoms with van der Waals surface area (Å²) in [5, 5.41) is 0. The molecule has 0 nitrogen and oxygen atoms in total. The van der Waals surface area contributed by atoms with Gasteiger partial charge in [0.1, 0.15) is 0 Å². The molecule has 1 aromatic carbocycles. The van der Waals surface area contributed by atoms with Crippen molar-refractivity contribution in [3.63, 3.8) is 0 Å². The molecule has 1 aromatic rings. The fraction of sp³-hybridized carbons (Fsp3) is 0.571. The Labute approximate surface area is 88.4 Å². The molecule has 0 bridgehead atoms. The molecule has 0 aliphatic carbocycles. The van der Waals surface area contributed by atoms with E-state index in [1.807, 2.05) is 0 Å². The number of unbranched alkanes of at least 4 members (excludes halogenated alkanes) is 3. The number of benzene rings is 1. The molecule has 0 aromatic heterocycles. The summed E-state index contributed by atoms with van der Waals surface area (Å²) >= 11 is 0. The van der Waals surface area contributed by atoms with Gasteiger partial charge in [-0.2, -0.15) is 0 Å². The topological polar surface area (TPSA) is 0 Å². The molecule has 0 aliphatic heterocycles. The fourth-order valence-corrected chi connectivity index (χ4v) is 1.76. The van der Waals surface area contributed by atoms with E-state index < -0.39 is 0 Å². The average molecular weight is 190 g/mol. The molecule has 0 heterocycles. The first kappa shape index (κ1) is 11.3. The lowest BCUT2D eigenvalue weighted by Gasteiger charge is -2.03. The molecule has 0 radical (unpaired) electrons. The first-order valence-corrected chi connectivity index (χ1v) is 5.94. The van der Waals surface area contributed by atoms with Crippen molar-refractivity contribution in [1.29, 1.82) is 0 Å². The Morgan fingerprint density at radius 1 is 0.929 bits per heavy atom. The molecule has 0 heteroatoms. The molecule has 14 heavy (non-hydrogen) atoms. The van der Waals surface area contributed by atoms with Crippen molar-refractivity contribution in [2.75, 3.05) is 0 Å². The van der Waals surface area contributed by atoms with Gasteiger partial charge in [0, 0.05) is 0 Å². The van der Waals surface area contributed by atoms with Crippen molar-refractivity contribution < 1.29 is 0 Å². The Bertz CT molecular complexity index is 250. The van der Waals surface area contributed by atoms with Gasteiger partial charge in [0.25, 0.3) is 0 Å². The predicted molar refractivity (Wildman–Crippen MR) is 63.7 cm³/mol. The summed E-state index contributed by atoms with van der Waals surface area (Å²) in [5.41, 5.74) is 2.98. The highest BCUT2D eigenvalue weighted by atomic mass is 14.0. The van der Waals surface area contributed by atoms with Crippen molar-refractivity contribution in [3.8, 4) is 0 Å². The fourth-order valence-electron chi connectivity index (χ4n) is 1.76. The van der Waals surface area contributed by atoms with Gasteiger partial charge in [-0.3, -0.25) is 0 Å². The van der Waals surface area contributed by atoms with Crippen LogP contribution in [0, 0.1) is 0 Å². The van der Waals surface area contributed by atoms with E-state index >= 15 is 0 Å². The Morgan fingerprint density at radius 3 is 2.43 bits per heavy atom. The van der Waals surface area contributed by atoms with Crippen LogP contribution in [0.2, 0.25) is 0 Å². The molecule has 1 rings (SSSR count). The maximum Gasteiger partial charge on any atom is -0.0279 e. The summed E-state index contributed by atoms with van der Waals surface area (Å²) in [6.45, 7) is 4.48. The monoisotopic (exact) mass is 190 g/mol. The van der Waals surface area contributed by atoms with Gasteiger partial charge in [-0.1, -0.05) is 57.4 Å². The molecule has 78 valence electrons. The van der Waals surface area contributed by atoms with Crippen molar-refractivity contribution >= 4 is 0 Å². The Kier molecular flexibility index (Phi) is 5.36. The van der Waals surface area contributed by atoms with Crippen LogP contribution in [0.4, 0.5) is 0 Å². The zero-order valence-electron chi connectivity index (χ0n) is 9.55. The highest BCUT2D eigenvalue weighted by molar-refractivity contribution is 5.23. The van der Waals surface area contributed by atoms with Crippen molar-refractivity contribution in [2.24, 2.45) is 0 Å². The lowest BCUT2D eigenvalue weighted by molar-refractivity contribution is 0.666. The van der Waals surface area contributed by atoms with Gasteiger partial charge >= 0.3 is 0 Å². The zero-order valence-corrected chi connectivity index (χ0v) is 9.55. The third-order valence-corrected chi connectivity index (χ3v) is 2.72. The molecule has 0 atom stereocenters. The molecular formula is C14H22. The van der Waals surface area contributed by atoms with Gasteiger partial charge in [0.2, 0.25) is 0 Å². The second-order valence-corrected chi connectivity index (χ2v) is 3.98. The number of hydrogen-bond donors (Lipinski definition) is 0. The molecule has 0 fully saturated rings. The number of hydrogen-bond acceptors (Lipinski definition) is 0. The SMILES string of the molecule is CCCCCCc1cccc(CC)c1. The normalized spacial score (nSPS) is 10.4. The number of aryl methyl sites for hydroxylation is 2. The zero-order chi connectivity index (χ0) is 10.2. The molecule has 0 saturated carbocycles. The summed E-state index contributed by atoms with van der Waals surface area (Å²) in [4.78, 5) is 0. The quantitative estimate of drug-likeness (QED) is 0.584. The van der Waals surface area contributed by atoms with Crippen molar-refractivity contribution in [2.45, 2.75) is 52.4 Å². The summed E-state index contributed by atoms with van der Waals surface area (Å²) in [7, 11) is 0. The second-order valence-electron chi connectivity index (χ2n) is 3.98. The molecule has 0 N–H and O–H groups in total. The van der Waals surface area contributed by atoms with Gasteiger partial charge in [-0.25, -0.2) is 0 Å². The summed E-state index contributed by atoms with van der Waals surface area (Å²) in [6.07, 6.45) is 7.85. The average Bonchev–Trinajstić information content (AvgIpc) is 2.25. The lowest BCUT2D eigenvalue weighted by atomic mass is 10.0. The van der Waals surface area contributed by atoms with Crippen molar-refractivity contribution in [1.82, 2.24) is 0 Å². The third kappa shape index (κ3) is 3.95. The van der Waals surface area contributed by atoms with Crippen LogP contribution in [0.25, 0.3) is 0 Å². The maximum atomic E-state index is 2.35. The van der Waals surface area contributed by atoms with Gasteiger partial charge in [0.15, 0.2) is 0 Å². The minimum atomic E-state index is 1.16. The van der Waals surface area contributed by atoms with Crippen LogP contribution in [-0.2, 0) is 12.8 Å².